The molecule has 1 N–H and O–H groups in total. The lowest BCUT2D eigenvalue weighted by Gasteiger charge is -2.20. The molecule has 2 aromatic carbocycles. The largest absolute Gasteiger partial charge is 0.493 e. The van der Waals surface area contributed by atoms with E-state index in [9.17, 15) is 9.59 Å². The predicted octanol–water partition coefficient (Wildman–Crippen LogP) is 3.64. The van der Waals surface area contributed by atoms with Crippen LogP contribution in [0.2, 0.25) is 0 Å². The molecule has 0 aromatic heterocycles. The van der Waals surface area contributed by atoms with Gasteiger partial charge in [0.15, 0.2) is 11.5 Å². The molecule has 0 aliphatic heterocycles. The van der Waals surface area contributed by atoms with Crippen LogP contribution in [0.25, 0.3) is 0 Å². The molecule has 6 heteroatoms. The molecular formula is C20H24N2O4. The number of ether oxygens (including phenoxy) is 2. The molecule has 0 aliphatic rings. The van der Waals surface area contributed by atoms with E-state index in [0.29, 0.717) is 34.9 Å². The van der Waals surface area contributed by atoms with Gasteiger partial charge >= 0.3 is 0 Å². The minimum absolute atomic E-state index is 0.0625. The maximum atomic E-state index is 12.8. The molecule has 0 saturated heterocycles. The van der Waals surface area contributed by atoms with Gasteiger partial charge in [0.25, 0.3) is 5.91 Å². The van der Waals surface area contributed by atoms with E-state index in [0.717, 1.165) is 5.56 Å². The standard InChI is InChI=1S/C20H24N2O4/c1-6-19(23)22(3)16-10-8-7-9-14(16)20(24)21-15-12-18(26-5)17(25-4)11-13(15)2/h7-12H,6H2,1-5H3,(H,21,24). The van der Waals surface area contributed by atoms with E-state index in [2.05, 4.69) is 5.32 Å². The van der Waals surface area contributed by atoms with Crippen LogP contribution in [0.5, 0.6) is 11.5 Å². The van der Waals surface area contributed by atoms with Crippen molar-refractivity contribution >= 4 is 23.2 Å². The van der Waals surface area contributed by atoms with E-state index in [4.69, 9.17) is 9.47 Å². The SMILES string of the molecule is CCC(=O)N(C)c1ccccc1C(=O)Nc1cc(OC)c(OC)cc1C. The highest BCUT2D eigenvalue weighted by Gasteiger charge is 2.18. The molecule has 0 heterocycles. The first-order chi connectivity index (χ1) is 12.4. The lowest BCUT2D eigenvalue weighted by Crippen LogP contribution is -2.28. The zero-order valence-electron chi connectivity index (χ0n) is 15.8. The van der Waals surface area contributed by atoms with Crippen LogP contribution in [0.3, 0.4) is 0 Å². The fraction of sp³-hybridized carbons (Fsp3) is 0.300. The molecule has 0 bridgehead atoms. The van der Waals surface area contributed by atoms with Crippen molar-refractivity contribution in [3.8, 4) is 11.5 Å². The molecule has 2 rings (SSSR count). The van der Waals surface area contributed by atoms with E-state index in [-0.39, 0.29) is 11.8 Å². The molecule has 0 unspecified atom stereocenters. The average molecular weight is 356 g/mol. The van der Waals surface area contributed by atoms with Crippen molar-refractivity contribution < 1.29 is 19.1 Å². The van der Waals surface area contributed by atoms with Crippen molar-refractivity contribution in [3.63, 3.8) is 0 Å². The highest BCUT2D eigenvalue weighted by molar-refractivity contribution is 6.10. The van der Waals surface area contributed by atoms with Gasteiger partial charge in [-0.1, -0.05) is 19.1 Å². The van der Waals surface area contributed by atoms with Crippen LogP contribution in [0.1, 0.15) is 29.3 Å². The molecule has 2 aromatic rings. The lowest BCUT2D eigenvalue weighted by atomic mass is 10.1. The second-order valence-corrected chi connectivity index (χ2v) is 5.80. The van der Waals surface area contributed by atoms with Crippen LogP contribution in [0.4, 0.5) is 11.4 Å². The van der Waals surface area contributed by atoms with Crippen LogP contribution in [0, 0.1) is 6.92 Å². The van der Waals surface area contributed by atoms with E-state index in [1.807, 2.05) is 6.92 Å². The molecule has 0 atom stereocenters. The Bertz CT molecular complexity index is 817. The topological polar surface area (TPSA) is 67.9 Å². The molecular weight excluding hydrogens is 332 g/mol. The van der Waals surface area contributed by atoms with E-state index < -0.39 is 0 Å². The number of carbonyl (C=O) groups is 2. The third kappa shape index (κ3) is 3.96. The Labute approximate surface area is 153 Å². The third-order valence-corrected chi connectivity index (χ3v) is 4.17. The second kappa shape index (κ2) is 8.38. The first kappa shape index (κ1) is 19.3. The molecule has 6 nitrogen and oxygen atoms in total. The first-order valence-electron chi connectivity index (χ1n) is 8.32. The van der Waals surface area contributed by atoms with Crippen LogP contribution >= 0.6 is 0 Å². The second-order valence-electron chi connectivity index (χ2n) is 5.80. The maximum absolute atomic E-state index is 12.8. The minimum Gasteiger partial charge on any atom is -0.493 e. The van der Waals surface area contributed by atoms with Crippen molar-refractivity contribution in [2.75, 3.05) is 31.5 Å². The Kier molecular flexibility index (Phi) is 6.22. The summed E-state index contributed by atoms with van der Waals surface area (Å²) in [5.41, 5.74) is 2.44. The zero-order chi connectivity index (χ0) is 19.3. The van der Waals surface area contributed by atoms with Gasteiger partial charge in [0, 0.05) is 25.2 Å². The van der Waals surface area contributed by atoms with Crippen LogP contribution in [-0.2, 0) is 4.79 Å². The van der Waals surface area contributed by atoms with E-state index >= 15 is 0 Å². The maximum Gasteiger partial charge on any atom is 0.257 e. The number of anilines is 2. The van der Waals surface area contributed by atoms with Gasteiger partial charge in [0.05, 0.1) is 25.5 Å². The summed E-state index contributed by atoms with van der Waals surface area (Å²) >= 11 is 0. The van der Waals surface area contributed by atoms with Gasteiger partial charge in [-0.15, -0.1) is 0 Å². The summed E-state index contributed by atoms with van der Waals surface area (Å²) in [5.74, 6) is 0.760. The Balaban J connectivity index is 2.36. The third-order valence-electron chi connectivity index (χ3n) is 4.17. The number of amides is 2. The molecule has 2 amide bonds. The Morgan fingerprint density at radius 2 is 1.69 bits per heavy atom. The molecule has 0 aliphatic carbocycles. The summed E-state index contributed by atoms with van der Waals surface area (Å²) in [4.78, 5) is 26.3. The minimum atomic E-state index is -0.299. The Morgan fingerprint density at radius 3 is 2.31 bits per heavy atom. The number of carbonyl (C=O) groups excluding carboxylic acids is 2. The van der Waals surface area contributed by atoms with Gasteiger partial charge in [-0.2, -0.15) is 0 Å². The highest BCUT2D eigenvalue weighted by Crippen LogP contribution is 2.33. The normalized spacial score (nSPS) is 10.2. The van der Waals surface area contributed by atoms with Crippen molar-refractivity contribution in [1.82, 2.24) is 0 Å². The van der Waals surface area contributed by atoms with Gasteiger partial charge in [0.2, 0.25) is 5.91 Å². The van der Waals surface area contributed by atoms with E-state index in [1.54, 1.807) is 64.6 Å². The number of para-hydroxylation sites is 1. The quantitative estimate of drug-likeness (QED) is 0.858. The first-order valence-corrected chi connectivity index (χ1v) is 8.32. The molecule has 26 heavy (non-hydrogen) atoms. The highest BCUT2D eigenvalue weighted by atomic mass is 16.5. The molecule has 0 spiro atoms. The summed E-state index contributed by atoms with van der Waals surface area (Å²) in [5, 5.41) is 2.89. The number of nitrogens with zero attached hydrogens (tertiary/aromatic N) is 1. The fourth-order valence-electron chi connectivity index (χ4n) is 2.63. The van der Waals surface area contributed by atoms with E-state index in [1.165, 1.54) is 4.90 Å². The number of rotatable bonds is 6. The lowest BCUT2D eigenvalue weighted by molar-refractivity contribution is -0.118. The average Bonchev–Trinajstić information content (AvgIpc) is 2.67. The Morgan fingerprint density at radius 1 is 1.08 bits per heavy atom. The smallest absolute Gasteiger partial charge is 0.257 e. The van der Waals surface area contributed by atoms with Gasteiger partial charge in [0.1, 0.15) is 0 Å². The number of benzene rings is 2. The molecule has 0 radical (unpaired) electrons. The predicted molar refractivity (Wildman–Crippen MR) is 102 cm³/mol. The summed E-state index contributed by atoms with van der Waals surface area (Å²) in [6, 6.07) is 10.5. The number of hydrogen-bond acceptors (Lipinski definition) is 4. The number of aryl methyl sites for hydroxylation is 1. The summed E-state index contributed by atoms with van der Waals surface area (Å²) in [6.07, 6.45) is 0.362. The molecule has 0 saturated carbocycles. The van der Waals surface area contributed by atoms with Crippen LogP contribution in [-0.4, -0.2) is 33.1 Å². The van der Waals surface area contributed by atoms with Crippen LogP contribution < -0.4 is 19.7 Å². The summed E-state index contributed by atoms with van der Waals surface area (Å²) in [6.45, 7) is 3.66. The molecule has 138 valence electrons. The summed E-state index contributed by atoms with van der Waals surface area (Å²) in [7, 11) is 4.77. The van der Waals surface area contributed by atoms with Gasteiger partial charge in [-0.05, 0) is 30.7 Å². The number of nitrogens with one attached hydrogen (secondary N) is 1. The monoisotopic (exact) mass is 356 g/mol. The molecule has 0 fully saturated rings. The van der Waals surface area contributed by atoms with Crippen molar-refractivity contribution in [3.05, 3.63) is 47.5 Å². The fourth-order valence-corrected chi connectivity index (χ4v) is 2.63. The van der Waals surface area contributed by atoms with Gasteiger partial charge in [-0.25, -0.2) is 0 Å². The number of methoxy groups -OCH3 is 2. The van der Waals surface area contributed by atoms with Gasteiger partial charge < -0.3 is 19.7 Å². The van der Waals surface area contributed by atoms with Gasteiger partial charge in [-0.3, -0.25) is 9.59 Å². The van der Waals surface area contributed by atoms with Crippen LogP contribution in [0.15, 0.2) is 36.4 Å². The van der Waals surface area contributed by atoms with Crippen molar-refractivity contribution in [2.24, 2.45) is 0 Å². The number of hydrogen-bond donors (Lipinski definition) is 1. The summed E-state index contributed by atoms with van der Waals surface area (Å²) < 4.78 is 10.6. The Hall–Kier alpha value is -3.02. The zero-order valence-corrected chi connectivity index (χ0v) is 15.8. The van der Waals surface area contributed by atoms with Crippen molar-refractivity contribution in [2.45, 2.75) is 20.3 Å². The van der Waals surface area contributed by atoms with Crippen molar-refractivity contribution in [1.29, 1.82) is 0 Å².